The topological polar surface area (TPSA) is 96.1 Å². The van der Waals surface area contributed by atoms with Crippen molar-refractivity contribution in [2.75, 3.05) is 13.2 Å². The number of morpholine rings is 1. The Kier molecular flexibility index (Phi) is 6.13. The standard InChI is InChI=1S/C19H23ClN4O3/c1-11-13(12(2)24-23-11)7-5-9-21-19(26)18-17(22-16(25)10-27-18)14-6-3-4-8-15(14)20/h3-4,6,8,17-18H,5,7,9-10H2,1-2H3,(H,21,26)(H,22,25)(H,23,24). The Labute approximate surface area is 162 Å². The number of aromatic amines is 1. The molecule has 0 bridgehead atoms. The molecule has 2 amide bonds. The van der Waals surface area contributed by atoms with Crippen molar-refractivity contribution in [3.05, 3.63) is 51.8 Å². The first-order valence-corrected chi connectivity index (χ1v) is 9.28. The van der Waals surface area contributed by atoms with Gasteiger partial charge in [0.15, 0.2) is 6.10 Å². The molecule has 2 heterocycles. The van der Waals surface area contributed by atoms with E-state index in [1.54, 1.807) is 18.2 Å². The Balaban J connectivity index is 1.60. The predicted octanol–water partition coefficient (Wildman–Crippen LogP) is 1.99. The lowest BCUT2D eigenvalue weighted by atomic mass is 9.99. The van der Waals surface area contributed by atoms with Crippen molar-refractivity contribution in [1.82, 2.24) is 20.8 Å². The molecule has 3 N–H and O–H groups in total. The van der Waals surface area contributed by atoms with Crippen LogP contribution in [-0.2, 0) is 20.7 Å². The molecule has 0 spiro atoms. The number of halogens is 1. The van der Waals surface area contributed by atoms with E-state index in [2.05, 4.69) is 20.8 Å². The second-order valence-electron chi connectivity index (χ2n) is 6.61. The molecular weight excluding hydrogens is 368 g/mol. The highest BCUT2D eigenvalue weighted by molar-refractivity contribution is 6.31. The molecule has 8 heteroatoms. The van der Waals surface area contributed by atoms with E-state index in [-0.39, 0.29) is 18.4 Å². The van der Waals surface area contributed by atoms with Crippen molar-refractivity contribution >= 4 is 23.4 Å². The largest absolute Gasteiger partial charge is 0.356 e. The van der Waals surface area contributed by atoms with Gasteiger partial charge in [-0.05, 0) is 43.9 Å². The number of nitrogens with one attached hydrogen (secondary N) is 3. The van der Waals surface area contributed by atoms with Crippen LogP contribution >= 0.6 is 11.6 Å². The van der Waals surface area contributed by atoms with Crippen molar-refractivity contribution in [2.24, 2.45) is 0 Å². The van der Waals surface area contributed by atoms with Gasteiger partial charge >= 0.3 is 0 Å². The minimum atomic E-state index is -0.819. The van der Waals surface area contributed by atoms with Crippen molar-refractivity contribution in [1.29, 1.82) is 0 Å². The van der Waals surface area contributed by atoms with Gasteiger partial charge in [-0.25, -0.2) is 0 Å². The van der Waals surface area contributed by atoms with E-state index >= 15 is 0 Å². The molecule has 2 unspecified atom stereocenters. The van der Waals surface area contributed by atoms with Crippen LogP contribution in [0.25, 0.3) is 0 Å². The first-order valence-electron chi connectivity index (χ1n) is 8.91. The number of hydrogen-bond acceptors (Lipinski definition) is 4. The summed E-state index contributed by atoms with van der Waals surface area (Å²) in [5.74, 6) is -0.532. The summed E-state index contributed by atoms with van der Waals surface area (Å²) >= 11 is 6.24. The van der Waals surface area contributed by atoms with Gasteiger partial charge in [0.2, 0.25) is 5.91 Å². The smallest absolute Gasteiger partial charge is 0.251 e. The number of aromatic nitrogens is 2. The molecule has 7 nitrogen and oxygen atoms in total. The Morgan fingerprint density at radius 1 is 1.37 bits per heavy atom. The van der Waals surface area contributed by atoms with Gasteiger partial charge in [0.05, 0.1) is 11.7 Å². The molecule has 0 aliphatic carbocycles. The third kappa shape index (κ3) is 4.48. The molecule has 2 aromatic rings. The molecule has 1 aliphatic rings. The fraction of sp³-hybridized carbons (Fsp3) is 0.421. The van der Waals surface area contributed by atoms with Crippen LogP contribution in [0.2, 0.25) is 5.02 Å². The molecule has 27 heavy (non-hydrogen) atoms. The van der Waals surface area contributed by atoms with Crippen LogP contribution in [0.5, 0.6) is 0 Å². The highest BCUT2D eigenvalue weighted by Gasteiger charge is 2.36. The average molecular weight is 391 g/mol. The summed E-state index contributed by atoms with van der Waals surface area (Å²) < 4.78 is 5.52. The number of hydrogen-bond donors (Lipinski definition) is 3. The zero-order valence-electron chi connectivity index (χ0n) is 15.3. The first kappa shape index (κ1) is 19.4. The second kappa shape index (κ2) is 8.54. The highest BCUT2D eigenvalue weighted by Crippen LogP contribution is 2.28. The monoisotopic (exact) mass is 390 g/mol. The number of benzene rings is 1. The van der Waals surface area contributed by atoms with Gasteiger partial charge in [-0.3, -0.25) is 14.7 Å². The third-order valence-electron chi connectivity index (χ3n) is 4.70. The summed E-state index contributed by atoms with van der Waals surface area (Å²) in [5, 5.41) is 13.3. The summed E-state index contributed by atoms with van der Waals surface area (Å²) in [5.41, 5.74) is 3.88. The summed E-state index contributed by atoms with van der Waals surface area (Å²) in [6, 6.07) is 6.51. The molecule has 0 saturated carbocycles. The van der Waals surface area contributed by atoms with Gasteiger partial charge < -0.3 is 15.4 Å². The number of H-pyrrole nitrogens is 1. The predicted molar refractivity (Wildman–Crippen MR) is 101 cm³/mol. The number of rotatable bonds is 6. The lowest BCUT2D eigenvalue weighted by Crippen LogP contribution is -2.52. The van der Waals surface area contributed by atoms with E-state index in [4.69, 9.17) is 16.3 Å². The zero-order valence-corrected chi connectivity index (χ0v) is 16.1. The van der Waals surface area contributed by atoms with Crippen LogP contribution in [0, 0.1) is 13.8 Å². The van der Waals surface area contributed by atoms with Crippen molar-refractivity contribution in [3.63, 3.8) is 0 Å². The van der Waals surface area contributed by atoms with E-state index in [1.165, 1.54) is 5.56 Å². The zero-order chi connectivity index (χ0) is 19.4. The summed E-state index contributed by atoms with van der Waals surface area (Å²) in [6.07, 6.45) is 0.785. The summed E-state index contributed by atoms with van der Waals surface area (Å²) in [6.45, 7) is 4.31. The normalized spacial score (nSPS) is 19.6. The molecule has 0 radical (unpaired) electrons. The van der Waals surface area contributed by atoms with Crippen molar-refractivity contribution in [2.45, 2.75) is 38.8 Å². The Morgan fingerprint density at radius 2 is 2.15 bits per heavy atom. The summed E-state index contributed by atoms with van der Waals surface area (Å²) in [7, 11) is 0. The average Bonchev–Trinajstić information content (AvgIpc) is 2.97. The van der Waals surface area contributed by atoms with Gasteiger partial charge in [0, 0.05) is 17.3 Å². The first-order chi connectivity index (χ1) is 13.0. The van der Waals surface area contributed by atoms with Gasteiger partial charge in [-0.2, -0.15) is 5.10 Å². The second-order valence-corrected chi connectivity index (χ2v) is 7.01. The van der Waals surface area contributed by atoms with Gasteiger partial charge in [-0.1, -0.05) is 29.8 Å². The molecule has 1 fully saturated rings. The number of nitrogens with zero attached hydrogens (tertiary/aromatic N) is 1. The van der Waals surface area contributed by atoms with E-state index in [0.29, 0.717) is 17.1 Å². The maximum absolute atomic E-state index is 12.6. The fourth-order valence-electron chi connectivity index (χ4n) is 3.27. The maximum atomic E-state index is 12.6. The molecule has 1 aliphatic heterocycles. The number of carbonyl (C=O) groups is 2. The molecule has 2 atom stereocenters. The minimum Gasteiger partial charge on any atom is -0.356 e. The van der Waals surface area contributed by atoms with E-state index in [0.717, 1.165) is 24.2 Å². The van der Waals surface area contributed by atoms with E-state index < -0.39 is 12.1 Å². The SMILES string of the molecule is Cc1n[nH]c(C)c1CCCNC(=O)C1OCC(=O)NC1c1ccccc1Cl. The van der Waals surface area contributed by atoms with Gasteiger partial charge in [0.1, 0.15) is 6.61 Å². The van der Waals surface area contributed by atoms with Crippen molar-refractivity contribution < 1.29 is 14.3 Å². The minimum absolute atomic E-state index is 0.146. The lowest BCUT2D eigenvalue weighted by molar-refractivity contribution is -0.148. The van der Waals surface area contributed by atoms with Gasteiger partial charge in [-0.15, -0.1) is 0 Å². The maximum Gasteiger partial charge on any atom is 0.251 e. The Hall–Kier alpha value is -2.38. The lowest BCUT2D eigenvalue weighted by Gasteiger charge is -2.32. The molecule has 144 valence electrons. The van der Waals surface area contributed by atoms with Crippen LogP contribution in [0.3, 0.4) is 0 Å². The molecule has 3 rings (SSSR count). The van der Waals surface area contributed by atoms with Crippen LogP contribution in [0.15, 0.2) is 24.3 Å². The van der Waals surface area contributed by atoms with Gasteiger partial charge in [0.25, 0.3) is 5.91 Å². The molecule has 1 saturated heterocycles. The van der Waals surface area contributed by atoms with Crippen LogP contribution in [0.4, 0.5) is 0 Å². The number of ether oxygens (including phenoxy) is 1. The van der Waals surface area contributed by atoms with Crippen LogP contribution < -0.4 is 10.6 Å². The quantitative estimate of drug-likeness (QED) is 0.657. The fourth-order valence-corrected chi connectivity index (χ4v) is 3.52. The van der Waals surface area contributed by atoms with Crippen molar-refractivity contribution in [3.8, 4) is 0 Å². The Bertz CT molecular complexity index is 817. The highest BCUT2D eigenvalue weighted by atomic mass is 35.5. The van der Waals surface area contributed by atoms with E-state index in [1.807, 2.05) is 19.9 Å². The van der Waals surface area contributed by atoms with Crippen LogP contribution in [0.1, 0.15) is 35.0 Å². The number of aryl methyl sites for hydroxylation is 2. The molecule has 1 aromatic carbocycles. The number of amides is 2. The number of carbonyl (C=O) groups excluding carboxylic acids is 2. The molecular formula is C19H23ClN4O3. The van der Waals surface area contributed by atoms with E-state index in [9.17, 15) is 9.59 Å². The van der Waals surface area contributed by atoms with Crippen LogP contribution in [-0.4, -0.2) is 41.3 Å². The third-order valence-corrected chi connectivity index (χ3v) is 5.04. The summed E-state index contributed by atoms with van der Waals surface area (Å²) in [4.78, 5) is 24.4. The Morgan fingerprint density at radius 3 is 2.85 bits per heavy atom. The molecule has 1 aromatic heterocycles.